The lowest BCUT2D eigenvalue weighted by atomic mass is 9.90. The summed E-state index contributed by atoms with van der Waals surface area (Å²) in [6.45, 7) is 0. The predicted molar refractivity (Wildman–Crippen MR) is 87.5 cm³/mol. The Bertz CT molecular complexity index is 697. The second-order valence-corrected chi connectivity index (χ2v) is 6.03. The number of aryl methyl sites for hydroxylation is 2. The molecule has 1 aliphatic carbocycles. The fourth-order valence-electron chi connectivity index (χ4n) is 2.67. The van der Waals surface area contributed by atoms with Crippen LogP contribution in [0.5, 0.6) is 0 Å². The van der Waals surface area contributed by atoms with Crippen molar-refractivity contribution in [1.29, 1.82) is 0 Å². The molecule has 2 aromatic carbocycles. The molecule has 0 fully saturated rings. The summed E-state index contributed by atoms with van der Waals surface area (Å²) in [6.07, 6.45) is 4.58. The monoisotopic (exact) mass is 319 g/mol. The molecule has 1 aliphatic rings. The van der Waals surface area contributed by atoms with Crippen molar-refractivity contribution in [2.45, 2.75) is 25.7 Å². The van der Waals surface area contributed by atoms with Crippen LogP contribution >= 0.6 is 23.2 Å². The van der Waals surface area contributed by atoms with Gasteiger partial charge in [0.1, 0.15) is 0 Å². The van der Waals surface area contributed by atoms with E-state index in [-0.39, 0.29) is 5.91 Å². The van der Waals surface area contributed by atoms with Gasteiger partial charge in [0.25, 0.3) is 5.91 Å². The minimum Gasteiger partial charge on any atom is -0.321 e. The van der Waals surface area contributed by atoms with Gasteiger partial charge in [0.15, 0.2) is 0 Å². The van der Waals surface area contributed by atoms with Crippen LogP contribution in [0.2, 0.25) is 10.0 Å². The molecule has 0 bridgehead atoms. The average Bonchev–Trinajstić information content (AvgIpc) is 2.51. The van der Waals surface area contributed by atoms with Gasteiger partial charge in [-0.3, -0.25) is 4.79 Å². The molecule has 0 aliphatic heterocycles. The fraction of sp³-hybridized carbons (Fsp3) is 0.235. The molecule has 0 saturated carbocycles. The lowest BCUT2D eigenvalue weighted by molar-refractivity contribution is 0.102. The Labute approximate surface area is 134 Å². The summed E-state index contributed by atoms with van der Waals surface area (Å²) in [7, 11) is 0. The number of fused-ring (bicyclic) bond motifs is 1. The van der Waals surface area contributed by atoms with Gasteiger partial charge in [-0.15, -0.1) is 0 Å². The zero-order chi connectivity index (χ0) is 14.8. The van der Waals surface area contributed by atoms with E-state index in [2.05, 4.69) is 11.4 Å². The van der Waals surface area contributed by atoms with E-state index in [0.717, 1.165) is 12.8 Å². The number of rotatable bonds is 2. The second kappa shape index (κ2) is 6.08. The fourth-order valence-corrected chi connectivity index (χ4v) is 3.02. The van der Waals surface area contributed by atoms with Gasteiger partial charge in [0, 0.05) is 5.56 Å². The third-order valence-electron chi connectivity index (χ3n) is 3.81. The first-order chi connectivity index (χ1) is 10.1. The van der Waals surface area contributed by atoms with Crippen LogP contribution < -0.4 is 5.32 Å². The highest BCUT2D eigenvalue weighted by Gasteiger charge is 2.14. The molecule has 0 saturated heterocycles. The highest BCUT2D eigenvalue weighted by Crippen LogP contribution is 2.30. The van der Waals surface area contributed by atoms with Crippen molar-refractivity contribution in [3.63, 3.8) is 0 Å². The quantitative estimate of drug-likeness (QED) is 0.817. The van der Waals surface area contributed by atoms with Crippen molar-refractivity contribution in [1.82, 2.24) is 0 Å². The van der Waals surface area contributed by atoms with Crippen LogP contribution in [0.15, 0.2) is 36.4 Å². The number of hydrogen-bond acceptors (Lipinski definition) is 1. The Balaban J connectivity index is 1.84. The van der Waals surface area contributed by atoms with E-state index < -0.39 is 0 Å². The van der Waals surface area contributed by atoms with Gasteiger partial charge < -0.3 is 5.32 Å². The smallest absolute Gasteiger partial charge is 0.255 e. The van der Waals surface area contributed by atoms with E-state index in [1.807, 2.05) is 12.1 Å². The van der Waals surface area contributed by atoms with Crippen LogP contribution in [0.4, 0.5) is 5.69 Å². The van der Waals surface area contributed by atoms with Crippen molar-refractivity contribution in [3.8, 4) is 0 Å². The van der Waals surface area contributed by atoms with Gasteiger partial charge in [-0.25, -0.2) is 0 Å². The number of amides is 1. The molecular formula is C17H15Cl2NO. The third-order valence-corrected chi connectivity index (χ3v) is 4.63. The molecule has 0 heterocycles. The third kappa shape index (κ3) is 3.07. The number of nitrogens with one attached hydrogen (secondary N) is 1. The molecule has 21 heavy (non-hydrogen) atoms. The van der Waals surface area contributed by atoms with Crippen LogP contribution in [0.3, 0.4) is 0 Å². The molecule has 0 unspecified atom stereocenters. The zero-order valence-electron chi connectivity index (χ0n) is 11.5. The summed E-state index contributed by atoms with van der Waals surface area (Å²) >= 11 is 12.0. The molecule has 0 atom stereocenters. The van der Waals surface area contributed by atoms with Crippen LogP contribution in [0.25, 0.3) is 0 Å². The number of carbonyl (C=O) groups excluding carboxylic acids is 1. The van der Waals surface area contributed by atoms with Crippen molar-refractivity contribution >= 4 is 34.8 Å². The van der Waals surface area contributed by atoms with Crippen LogP contribution in [0, 0.1) is 0 Å². The molecule has 0 aromatic heterocycles. The van der Waals surface area contributed by atoms with Crippen LogP contribution in [-0.4, -0.2) is 5.91 Å². The maximum Gasteiger partial charge on any atom is 0.255 e. The summed E-state index contributed by atoms with van der Waals surface area (Å²) in [6, 6.07) is 11.1. The summed E-state index contributed by atoms with van der Waals surface area (Å²) in [5.74, 6) is -0.160. The molecule has 3 rings (SSSR count). The molecule has 0 spiro atoms. The van der Waals surface area contributed by atoms with E-state index in [9.17, 15) is 4.79 Å². The van der Waals surface area contributed by atoms with Gasteiger partial charge >= 0.3 is 0 Å². The molecule has 4 heteroatoms. The first-order valence-electron chi connectivity index (χ1n) is 7.02. The number of carbonyl (C=O) groups is 1. The first kappa shape index (κ1) is 14.4. The van der Waals surface area contributed by atoms with Crippen molar-refractivity contribution in [2.75, 3.05) is 5.32 Å². The lowest BCUT2D eigenvalue weighted by Gasteiger charge is -2.16. The maximum atomic E-state index is 12.4. The van der Waals surface area contributed by atoms with E-state index in [4.69, 9.17) is 23.2 Å². The highest BCUT2D eigenvalue weighted by atomic mass is 35.5. The Kier molecular flexibility index (Phi) is 4.18. The summed E-state index contributed by atoms with van der Waals surface area (Å²) in [5, 5.41) is 3.62. The average molecular weight is 320 g/mol. The van der Waals surface area contributed by atoms with Crippen molar-refractivity contribution < 1.29 is 4.79 Å². The number of halogens is 2. The largest absolute Gasteiger partial charge is 0.321 e. The summed E-state index contributed by atoms with van der Waals surface area (Å²) in [4.78, 5) is 12.4. The SMILES string of the molecule is O=C(Nc1cccc(Cl)c1Cl)c1ccc2c(c1)CCCC2. The number of benzene rings is 2. The zero-order valence-corrected chi connectivity index (χ0v) is 13.0. The molecule has 108 valence electrons. The van der Waals surface area contributed by atoms with E-state index in [0.29, 0.717) is 21.3 Å². The van der Waals surface area contributed by atoms with Gasteiger partial charge in [-0.1, -0.05) is 35.3 Å². The Morgan fingerprint density at radius 2 is 1.76 bits per heavy atom. The molecular weight excluding hydrogens is 305 g/mol. The normalized spacial score (nSPS) is 13.6. The standard InChI is InChI=1S/C17H15Cl2NO/c18-14-6-3-7-15(16(14)19)20-17(21)13-9-8-11-4-1-2-5-12(11)10-13/h3,6-10H,1-2,4-5H2,(H,20,21). The van der Waals surface area contributed by atoms with E-state index >= 15 is 0 Å². The number of anilines is 1. The molecule has 2 nitrogen and oxygen atoms in total. The Morgan fingerprint density at radius 1 is 1.00 bits per heavy atom. The first-order valence-corrected chi connectivity index (χ1v) is 7.78. The van der Waals surface area contributed by atoms with Crippen LogP contribution in [-0.2, 0) is 12.8 Å². The van der Waals surface area contributed by atoms with Gasteiger partial charge in [0.2, 0.25) is 0 Å². The van der Waals surface area contributed by atoms with Crippen molar-refractivity contribution in [2.24, 2.45) is 0 Å². The minimum absolute atomic E-state index is 0.160. The molecule has 2 aromatic rings. The van der Waals surface area contributed by atoms with Gasteiger partial charge in [-0.05, 0) is 61.1 Å². The van der Waals surface area contributed by atoms with E-state index in [1.165, 1.54) is 24.0 Å². The van der Waals surface area contributed by atoms with Gasteiger partial charge in [0.05, 0.1) is 15.7 Å². The summed E-state index contributed by atoms with van der Waals surface area (Å²) in [5.41, 5.74) is 3.84. The molecule has 1 amide bonds. The van der Waals surface area contributed by atoms with Gasteiger partial charge in [-0.2, -0.15) is 0 Å². The molecule has 0 radical (unpaired) electrons. The van der Waals surface area contributed by atoms with Crippen LogP contribution in [0.1, 0.15) is 34.3 Å². The summed E-state index contributed by atoms with van der Waals surface area (Å²) < 4.78 is 0. The minimum atomic E-state index is -0.160. The van der Waals surface area contributed by atoms with E-state index in [1.54, 1.807) is 18.2 Å². The lowest BCUT2D eigenvalue weighted by Crippen LogP contribution is -2.14. The second-order valence-electron chi connectivity index (χ2n) is 5.25. The maximum absolute atomic E-state index is 12.4. The Morgan fingerprint density at radius 3 is 2.57 bits per heavy atom. The Hall–Kier alpha value is -1.51. The van der Waals surface area contributed by atoms with Crippen molar-refractivity contribution in [3.05, 3.63) is 63.1 Å². The molecule has 1 N–H and O–H groups in total. The predicted octanol–water partition coefficient (Wildman–Crippen LogP) is 5.12. The topological polar surface area (TPSA) is 29.1 Å². The number of hydrogen-bond donors (Lipinski definition) is 1. The highest BCUT2D eigenvalue weighted by molar-refractivity contribution is 6.44.